The summed E-state index contributed by atoms with van der Waals surface area (Å²) in [4.78, 5) is 0. The molecule has 2 nitrogen and oxygen atoms in total. The highest BCUT2D eigenvalue weighted by atomic mass is 35.5. The molecule has 0 aliphatic rings. The summed E-state index contributed by atoms with van der Waals surface area (Å²) in [6.07, 6.45) is 2.58. The van der Waals surface area contributed by atoms with E-state index in [1.165, 1.54) is 0 Å². The highest BCUT2D eigenvalue weighted by Gasteiger charge is 2.13. The van der Waals surface area contributed by atoms with E-state index in [9.17, 15) is 0 Å². The Hall–Kier alpha value is -1.12. The van der Waals surface area contributed by atoms with Crippen LogP contribution >= 0.6 is 23.2 Å². The second-order valence-corrected chi connectivity index (χ2v) is 4.59. The number of benzene rings is 1. The van der Waals surface area contributed by atoms with Gasteiger partial charge in [0.15, 0.2) is 0 Å². The molecule has 0 saturated heterocycles. The zero-order valence-electron chi connectivity index (χ0n) is 9.41. The lowest BCUT2D eigenvalue weighted by Crippen LogP contribution is -2.08. The molecule has 90 valence electrons. The minimum Gasteiger partial charge on any atom is -0.467 e. The van der Waals surface area contributed by atoms with Crippen LogP contribution in [-0.2, 0) is 0 Å². The van der Waals surface area contributed by atoms with E-state index in [-0.39, 0.29) is 6.04 Å². The highest BCUT2D eigenvalue weighted by molar-refractivity contribution is 6.36. The van der Waals surface area contributed by atoms with Gasteiger partial charge in [0.05, 0.1) is 23.0 Å². The molecule has 0 bridgehead atoms. The quantitative estimate of drug-likeness (QED) is 0.831. The lowest BCUT2D eigenvalue weighted by atomic mass is 10.1. The first kappa shape index (κ1) is 12.3. The van der Waals surface area contributed by atoms with Gasteiger partial charge in [0, 0.05) is 5.02 Å². The van der Waals surface area contributed by atoms with Crippen LogP contribution < -0.4 is 5.32 Å². The summed E-state index contributed by atoms with van der Waals surface area (Å²) in [6, 6.07) is 9.35. The summed E-state index contributed by atoms with van der Waals surface area (Å²) >= 11 is 12.0. The van der Waals surface area contributed by atoms with Crippen molar-refractivity contribution in [3.63, 3.8) is 0 Å². The molecule has 1 aromatic carbocycles. The molecule has 0 aliphatic heterocycles. The number of hydrogen-bond acceptors (Lipinski definition) is 2. The van der Waals surface area contributed by atoms with Crippen LogP contribution in [0, 0.1) is 0 Å². The third kappa shape index (κ3) is 2.96. The third-order valence-corrected chi connectivity index (χ3v) is 3.10. The summed E-state index contributed by atoms with van der Waals surface area (Å²) in [6.45, 7) is 2.09. The van der Waals surface area contributed by atoms with Gasteiger partial charge in [-0.1, -0.05) is 30.1 Å². The predicted octanol–water partition coefficient (Wildman–Crippen LogP) is 5.15. The van der Waals surface area contributed by atoms with Crippen molar-refractivity contribution < 1.29 is 4.42 Å². The molecule has 2 aromatic rings. The van der Waals surface area contributed by atoms with Crippen LogP contribution in [0.25, 0.3) is 0 Å². The molecule has 0 radical (unpaired) electrons. The minimum atomic E-state index is 0.115. The maximum absolute atomic E-state index is 6.11. The van der Waals surface area contributed by atoms with Gasteiger partial charge < -0.3 is 9.73 Å². The SMILES string of the molecule is CCC(Nc1ccc(Cl)cc1Cl)c1ccco1. The zero-order valence-corrected chi connectivity index (χ0v) is 10.9. The van der Waals surface area contributed by atoms with Crippen LogP contribution in [-0.4, -0.2) is 0 Å². The van der Waals surface area contributed by atoms with Gasteiger partial charge in [-0.15, -0.1) is 0 Å². The zero-order chi connectivity index (χ0) is 12.3. The van der Waals surface area contributed by atoms with Crippen molar-refractivity contribution >= 4 is 28.9 Å². The van der Waals surface area contributed by atoms with Crippen molar-refractivity contribution in [2.75, 3.05) is 5.32 Å². The van der Waals surface area contributed by atoms with Crippen LogP contribution in [0.4, 0.5) is 5.69 Å². The van der Waals surface area contributed by atoms with E-state index in [4.69, 9.17) is 27.6 Å². The third-order valence-electron chi connectivity index (χ3n) is 2.56. The van der Waals surface area contributed by atoms with Crippen LogP contribution in [0.1, 0.15) is 25.1 Å². The van der Waals surface area contributed by atoms with E-state index in [1.807, 2.05) is 24.3 Å². The fraction of sp³-hybridized carbons (Fsp3) is 0.231. The van der Waals surface area contributed by atoms with Gasteiger partial charge in [0.1, 0.15) is 5.76 Å². The van der Waals surface area contributed by atoms with Crippen molar-refractivity contribution in [3.05, 3.63) is 52.4 Å². The van der Waals surface area contributed by atoms with E-state index < -0.39 is 0 Å². The first-order chi connectivity index (χ1) is 8.20. The highest BCUT2D eigenvalue weighted by Crippen LogP contribution is 2.30. The molecule has 0 fully saturated rings. The van der Waals surface area contributed by atoms with E-state index in [0.29, 0.717) is 10.0 Å². The predicted molar refractivity (Wildman–Crippen MR) is 71.8 cm³/mol. The largest absolute Gasteiger partial charge is 0.467 e. The van der Waals surface area contributed by atoms with Gasteiger partial charge in [-0.05, 0) is 36.8 Å². The Morgan fingerprint density at radius 1 is 1.29 bits per heavy atom. The Kier molecular flexibility index (Phi) is 3.97. The molecule has 0 spiro atoms. The molecule has 1 atom stereocenters. The monoisotopic (exact) mass is 269 g/mol. The first-order valence-electron chi connectivity index (χ1n) is 5.45. The molecule has 0 amide bonds. The van der Waals surface area contributed by atoms with Crippen LogP contribution in [0.2, 0.25) is 10.0 Å². The number of rotatable bonds is 4. The topological polar surface area (TPSA) is 25.2 Å². The maximum atomic E-state index is 6.11. The van der Waals surface area contributed by atoms with Gasteiger partial charge in [-0.3, -0.25) is 0 Å². The smallest absolute Gasteiger partial charge is 0.125 e. The Morgan fingerprint density at radius 3 is 2.71 bits per heavy atom. The fourth-order valence-corrected chi connectivity index (χ4v) is 2.12. The van der Waals surface area contributed by atoms with E-state index in [1.54, 1.807) is 12.3 Å². The molecule has 1 N–H and O–H groups in total. The van der Waals surface area contributed by atoms with Crippen molar-refractivity contribution in [3.8, 4) is 0 Å². The maximum Gasteiger partial charge on any atom is 0.125 e. The number of anilines is 1. The fourth-order valence-electron chi connectivity index (χ4n) is 1.66. The average molecular weight is 270 g/mol. The van der Waals surface area contributed by atoms with Crippen LogP contribution in [0.3, 0.4) is 0 Å². The van der Waals surface area contributed by atoms with Crippen molar-refractivity contribution in [2.24, 2.45) is 0 Å². The Bertz CT molecular complexity index is 482. The molecule has 0 saturated carbocycles. The van der Waals surface area contributed by atoms with E-state index >= 15 is 0 Å². The summed E-state index contributed by atoms with van der Waals surface area (Å²) in [5, 5.41) is 4.59. The molecule has 4 heteroatoms. The molecule has 0 aliphatic carbocycles. The second kappa shape index (κ2) is 5.48. The van der Waals surface area contributed by atoms with Gasteiger partial charge in [0.25, 0.3) is 0 Å². The molecule has 1 unspecified atom stereocenters. The number of furan rings is 1. The lowest BCUT2D eigenvalue weighted by molar-refractivity contribution is 0.474. The van der Waals surface area contributed by atoms with Crippen molar-refractivity contribution in [2.45, 2.75) is 19.4 Å². The number of hydrogen-bond donors (Lipinski definition) is 1. The normalized spacial score (nSPS) is 12.4. The summed E-state index contributed by atoms with van der Waals surface area (Å²) in [5.74, 6) is 0.901. The van der Waals surface area contributed by atoms with Gasteiger partial charge in [-0.2, -0.15) is 0 Å². The number of nitrogens with one attached hydrogen (secondary N) is 1. The average Bonchev–Trinajstić information content (AvgIpc) is 2.81. The standard InChI is InChI=1S/C13H13Cl2NO/c1-2-11(13-4-3-7-17-13)16-12-6-5-9(14)8-10(12)15/h3-8,11,16H,2H2,1H3. The van der Waals surface area contributed by atoms with Crippen LogP contribution in [0.15, 0.2) is 41.0 Å². The lowest BCUT2D eigenvalue weighted by Gasteiger charge is -2.17. The van der Waals surface area contributed by atoms with E-state index in [0.717, 1.165) is 17.9 Å². The number of halogens is 2. The van der Waals surface area contributed by atoms with E-state index in [2.05, 4.69) is 12.2 Å². The Balaban J connectivity index is 2.19. The van der Waals surface area contributed by atoms with Crippen LogP contribution in [0.5, 0.6) is 0 Å². The van der Waals surface area contributed by atoms with Gasteiger partial charge >= 0.3 is 0 Å². The summed E-state index contributed by atoms with van der Waals surface area (Å²) in [7, 11) is 0. The van der Waals surface area contributed by atoms with Gasteiger partial charge in [-0.25, -0.2) is 0 Å². The molecular weight excluding hydrogens is 257 g/mol. The molecule has 2 rings (SSSR count). The second-order valence-electron chi connectivity index (χ2n) is 3.74. The molecule has 17 heavy (non-hydrogen) atoms. The van der Waals surface area contributed by atoms with Crippen molar-refractivity contribution in [1.82, 2.24) is 0 Å². The van der Waals surface area contributed by atoms with Gasteiger partial charge in [0.2, 0.25) is 0 Å². The Morgan fingerprint density at radius 2 is 2.12 bits per heavy atom. The first-order valence-corrected chi connectivity index (χ1v) is 6.21. The molecule has 1 aromatic heterocycles. The minimum absolute atomic E-state index is 0.115. The summed E-state index contributed by atoms with van der Waals surface area (Å²) in [5.41, 5.74) is 0.860. The van der Waals surface area contributed by atoms with Crippen molar-refractivity contribution in [1.29, 1.82) is 0 Å². The summed E-state index contributed by atoms with van der Waals surface area (Å²) < 4.78 is 5.39. The molecular formula is C13H13Cl2NO. The Labute approximate surface area is 111 Å². The molecule has 1 heterocycles.